The predicted molar refractivity (Wildman–Crippen MR) is 145 cm³/mol. The van der Waals surface area contributed by atoms with Crippen LogP contribution in [0.3, 0.4) is 0 Å². The molecule has 244 valence electrons. The number of benzene rings is 2. The van der Waals surface area contributed by atoms with Gasteiger partial charge in [0.1, 0.15) is 13.2 Å². The van der Waals surface area contributed by atoms with E-state index in [0.717, 1.165) is 11.1 Å². The molecule has 0 saturated heterocycles. The van der Waals surface area contributed by atoms with Crippen LogP contribution in [0.25, 0.3) is 0 Å². The second kappa shape index (κ2) is 19.6. The van der Waals surface area contributed by atoms with Crippen molar-refractivity contribution in [1.82, 2.24) is 5.32 Å². The molecule has 0 aliphatic rings. The first-order valence-corrected chi connectivity index (χ1v) is 13.6. The van der Waals surface area contributed by atoms with Crippen LogP contribution in [0.5, 0.6) is 0 Å². The van der Waals surface area contributed by atoms with Crippen molar-refractivity contribution in [3.8, 4) is 0 Å². The Kier molecular flexibility index (Phi) is 18.4. The fraction of sp³-hybridized carbons (Fsp3) is 0.462. The van der Waals surface area contributed by atoms with Crippen LogP contribution in [-0.4, -0.2) is 60.2 Å². The standard InChI is InChI=1S/C13H14F5NO2.C9H11NO2.C4H4F5I/c14-12(15,13(16,17)18)6-7-19-8-11(20)21-9-10-4-2-1-3-5-10;10-6-9(11)12-7-8-4-2-1-3-5-8;5-3(6,1-2-10)4(7,8)9/h1-5,19H,6-9H2;1-5H,6-7,10H2;1-2H2. The molecular formula is C26H29F10IN2O4. The maximum Gasteiger partial charge on any atom is 0.453 e. The van der Waals surface area contributed by atoms with Crippen molar-refractivity contribution in [2.45, 2.75) is 50.3 Å². The average molecular weight is 750 g/mol. The Hall–Kier alpha value is -2.67. The molecule has 0 saturated carbocycles. The fourth-order valence-electron chi connectivity index (χ4n) is 2.42. The Morgan fingerprint density at radius 2 is 1.07 bits per heavy atom. The lowest BCUT2D eigenvalue weighted by Crippen LogP contribution is -2.39. The summed E-state index contributed by atoms with van der Waals surface area (Å²) in [5.74, 6) is -10.4. The Labute approximate surface area is 254 Å². The number of ether oxygens (including phenoxy) is 2. The lowest BCUT2D eigenvalue weighted by atomic mass is 10.2. The molecule has 2 rings (SSSR count). The quantitative estimate of drug-likeness (QED) is 0.0836. The van der Waals surface area contributed by atoms with Gasteiger partial charge in [-0.3, -0.25) is 9.59 Å². The summed E-state index contributed by atoms with van der Waals surface area (Å²) in [5, 5.41) is 2.20. The third kappa shape index (κ3) is 17.9. The van der Waals surface area contributed by atoms with Gasteiger partial charge in [-0.1, -0.05) is 83.3 Å². The predicted octanol–water partition coefficient (Wildman–Crippen LogP) is 6.60. The minimum Gasteiger partial charge on any atom is -0.460 e. The number of esters is 2. The molecule has 0 fully saturated rings. The number of alkyl halides is 11. The normalized spacial score (nSPS) is 11.8. The summed E-state index contributed by atoms with van der Waals surface area (Å²) < 4.78 is 127. The van der Waals surface area contributed by atoms with Crippen LogP contribution in [0.15, 0.2) is 60.7 Å². The van der Waals surface area contributed by atoms with Crippen LogP contribution < -0.4 is 11.1 Å². The molecule has 0 atom stereocenters. The van der Waals surface area contributed by atoms with Gasteiger partial charge < -0.3 is 20.5 Å². The minimum atomic E-state index is -5.58. The lowest BCUT2D eigenvalue weighted by Gasteiger charge is -2.19. The van der Waals surface area contributed by atoms with E-state index < -0.39 is 56.1 Å². The first-order valence-electron chi connectivity index (χ1n) is 12.1. The summed E-state index contributed by atoms with van der Waals surface area (Å²) in [4.78, 5) is 21.9. The SMILES string of the molecule is FC(F)(F)C(F)(F)CCI.NCC(=O)OCc1ccccc1.O=C(CNCCC(F)(F)C(F)(F)F)OCc1ccccc1. The molecule has 3 N–H and O–H groups in total. The van der Waals surface area contributed by atoms with Gasteiger partial charge in [0, 0.05) is 23.8 Å². The maximum atomic E-state index is 12.5. The monoisotopic (exact) mass is 750 g/mol. The van der Waals surface area contributed by atoms with Gasteiger partial charge in [-0.2, -0.15) is 43.9 Å². The van der Waals surface area contributed by atoms with E-state index in [1.807, 2.05) is 30.3 Å². The highest BCUT2D eigenvalue weighted by Crippen LogP contribution is 2.38. The highest BCUT2D eigenvalue weighted by atomic mass is 127. The van der Waals surface area contributed by atoms with E-state index in [1.165, 1.54) is 22.6 Å². The van der Waals surface area contributed by atoms with Crippen molar-refractivity contribution in [2.75, 3.05) is 24.1 Å². The van der Waals surface area contributed by atoms with Crippen molar-refractivity contribution in [2.24, 2.45) is 5.73 Å². The largest absolute Gasteiger partial charge is 0.460 e. The summed E-state index contributed by atoms with van der Waals surface area (Å²) in [6.45, 7) is -0.822. The third-order valence-corrected chi connectivity index (χ3v) is 5.31. The Balaban J connectivity index is 0.000000678. The van der Waals surface area contributed by atoms with Crippen LogP contribution in [0, 0.1) is 0 Å². The highest BCUT2D eigenvalue weighted by molar-refractivity contribution is 14.1. The van der Waals surface area contributed by atoms with E-state index in [9.17, 15) is 53.5 Å². The van der Waals surface area contributed by atoms with Crippen LogP contribution in [0.4, 0.5) is 43.9 Å². The number of rotatable bonds is 12. The van der Waals surface area contributed by atoms with Gasteiger partial charge in [-0.05, 0) is 11.1 Å². The number of hydrogen-bond acceptors (Lipinski definition) is 6. The molecule has 6 nitrogen and oxygen atoms in total. The van der Waals surface area contributed by atoms with Crippen LogP contribution in [0.1, 0.15) is 24.0 Å². The van der Waals surface area contributed by atoms with Gasteiger partial charge in [-0.15, -0.1) is 0 Å². The third-order valence-electron chi connectivity index (χ3n) is 4.77. The molecule has 0 amide bonds. The number of nitrogens with one attached hydrogen (secondary N) is 1. The first-order chi connectivity index (χ1) is 19.9. The average Bonchev–Trinajstić information content (AvgIpc) is 2.93. The van der Waals surface area contributed by atoms with Crippen molar-refractivity contribution >= 4 is 34.5 Å². The second-order valence-corrected chi connectivity index (χ2v) is 9.35. The van der Waals surface area contributed by atoms with Crippen molar-refractivity contribution in [3.63, 3.8) is 0 Å². The van der Waals surface area contributed by atoms with E-state index in [0.29, 0.717) is 6.61 Å². The molecule has 0 unspecified atom stereocenters. The van der Waals surface area contributed by atoms with Gasteiger partial charge in [0.15, 0.2) is 0 Å². The highest BCUT2D eigenvalue weighted by Gasteiger charge is 2.57. The molecule has 2 aromatic rings. The molecular weight excluding hydrogens is 721 g/mol. The minimum absolute atomic E-state index is 0.0140. The Morgan fingerprint density at radius 1 is 0.674 bits per heavy atom. The number of nitrogens with two attached hydrogens (primary N) is 1. The summed E-state index contributed by atoms with van der Waals surface area (Å²) >= 11 is 1.47. The molecule has 43 heavy (non-hydrogen) atoms. The van der Waals surface area contributed by atoms with Crippen molar-refractivity contribution in [3.05, 3.63) is 71.8 Å². The number of halogens is 11. The number of carbonyl (C=O) groups excluding carboxylic acids is 2. The molecule has 0 aliphatic heterocycles. The van der Waals surface area contributed by atoms with Crippen LogP contribution in [0.2, 0.25) is 0 Å². The first kappa shape index (κ1) is 40.3. The van der Waals surface area contributed by atoms with E-state index in [4.69, 9.17) is 15.2 Å². The zero-order valence-corrected chi connectivity index (χ0v) is 24.5. The summed E-state index contributed by atoms with van der Waals surface area (Å²) in [6.07, 6.45) is -13.5. The number of carbonyl (C=O) groups is 2. The number of hydrogen-bond donors (Lipinski definition) is 2. The zero-order chi connectivity index (χ0) is 33.2. The topological polar surface area (TPSA) is 90.7 Å². The van der Waals surface area contributed by atoms with Crippen LogP contribution in [-0.2, 0) is 32.3 Å². The molecule has 17 heteroatoms. The Morgan fingerprint density at radius 3 is 1.42 bits per heavy atom. The van der Waals surface area contributed by atoms with Gasteiger partial charge in [0.2, 0.25) is 0 Å². The molecule has 2 aromatic carbocycles. The van der Waals surface area contributed by atoms with Crippen molar-refractivity contribution < 1.29 is 63.0 Å². The van der Waals surface area contributed by atoms with Crippen molar-refractivity contribution in [1.29, 1.82) is 0 Å². The van der Waals surface area contributed by atoms with Crippen LogP contribution >= 0.6 is 22.6 Å². The maximum absolute atomic E-state index is 12.5. The molecule has 0 spiro atoms. The second-order valence-electron chi connectivity index (χ2n) is 8.27. The van der Waals surface area contributed by atoms with Gasteiger partial charge in [0.05, 0.1) is 13.1 Å². The Bertz CT molecular complexity index is 1060. The lowest BCUT2D eigenvalue weighted by molar-refractivity contribution is -0.283. The van der Waals surface area contributed by atoms with Gasteiger partial charge >= 0.3 is 36.1 Å². The van der Waals surface area contributed by atoms with E-state index in [1.54, 1.807) is 30.3 Å². The van der Waals surface area contributed by atoms with E-state index in [2.05, 4.69) is 5.32 Å². The molecule has 0 aliphatic carbocycles. The summed E-state index contributed by atoms with van der Waals surface area (Å²) in [7, 11) is 0. The molecule has 0 aromatic heterocycles. The smallest absolute Gasteiger partial charge is 0.453 e. The summed E-state index contributed by atoms with van der Waals surface area (Å²) in [6, 6.07) is 18.2. The molecule has 0 heterocycles. The van der Waals surface area contributed by atoms with E-state index >= 15 is 0 Å². The molecule has 0 bridgehead atoms. The van der Waals surface area contributed by atoms with E-state index in [-0.39, 0.29) is 23.5 Å². The van der Waals surface area contributed by atoms with Gasteiger partial charge in [-0.25, -0.2) is 0 Å². The zero-order valence-electron chi connectivity index (χ0n) is 22.3. The molecule has 0 radical (unpaired) electrons. The van der Waals surface area contributed by atoms with Gasteiger partial charge in [0.25, 0.3) is 0 Å². The fourth-order valence-corrected chi connectivity index (χ4v) is 3.10. The summed E-state index contributed by atoms with van der Waals surface area (Å²) in [5.41, 5.74) is 6.78.